The summed E-state index contributed by atoms with van der Waals surface area (Å²) in [5, 5.41) is 8.53. The topological polar surface area (TPSA) is 67.2 Å². The third kappa shape index (κ3) is 5.07. The van der Waals surface area contributed by atoms with Crippen LogP contribution in [0.1, 0.15) is 19.3 Å². The molecule has 0 amide bonds. The summed E-state index contributed by atoms with van der Waals surface area (Å²) in [6.45, 7) is 0.341. The van der Waals surface area contributed by atoms with Gasteiger partial charge in [-0.3, -0.25) is 0 Å². The van der Waals surface area contributed by atoms with E-state index >= 15 is 0 Å². The van der Waals surface area contributed by atoms with E-state index in [1.54, 1.807) is 0 Å². The molecule has 0 radical (unpaired) electrons. The molecule has 1 rings (SSSR count). The van der Waals surface area contributed by atoms with Crippen molar-refractivity contribution in [3.8, 4) is 11.8 Å². The molecule has 0 unspecified atom stereocenters. The zero-order valence-corrected chi connectivity index (χ0v) is 12.8. The van der Waals surface area contributed by atoms with Crippen molar-refractivity contribution in [2.45, 2.75) is 24.2 Å². The lowest BCUT2D eigenvalue weighted by atomic mass is 10.2. The molecule has 0 spiro atoms. The van der Waals surface area contributed by atoms with E-state index in [2.05, 4.69) is 0 Å². The summed E-state index contributed by atoms with van der Waals surface area (Å²) in [7, 11) is 1.31. The molecule has 104 valence electrons. The monoisotopic (exact) mass is 341 g/mol. The highest BCUT2D eigenvalue weighted by Crippen LogP contribution is 2.36. The second-order valence-corrected chi connectivity index (χ2v) is 7.00. The lowest BCUT2D eigenvalue weighted by molar-refractivity contribution is 0.308. The molecule has 1 aromatic carbocycles. The van der Waals surface area contributed by atoms with Gasteiger partial charge in [0.2, 0.25) is 0 Å². The number of ether oxygens (including phenoxy) is 1. The molecule has 0 aliphatic carbocycles. The molecule has 0 bridgehead atoms. The fourth-order valence-electron chi connectivity index (χ4n) is 1.30. The van der Waals surface area contributed by atoms with Gasteiger partial charge >= 0.3 is 0 Å². The predicted octanol–water partition coefficient (Wildman–Crippen LogP) is 3.99. The summed E-state index contributed by atoms with van der Waals surface area (Å²) in [6, 6.07) is 4.39. The zero-order valence-electron chi connectivity index (χ0n) is 9.70. The van der Waals surface area contributed by atoms with Gasteiger partial charge < -0.3 is 4.74 Å². The molecular formula is C11H10Cl3NO3S. The van der Waals surface area contributed by atoms with Crippen LogP contribution in [0.4, 0.5) is 0 Å². The van der Waals surface area contributed by atoms with Gasteiger partial charge in [-0.2, -0.15) is 5.26 Å². The first kappa shape index (κ1) is 16.4. The molecule has 0 saturated carbocycles. The van der Waals surface area contributed by atoms with Gasteiger partial charge in [0.15, 0.2) is 5.75 Å². The maximum atomic E-state index is 11.2. The minimum Gasteiger partial charge on any atom is -0.490 e. The molecule has 0 N–H and O–H groups in total. The van der Waals surface area contributed by atoms with Crippen molar-refractivity contribution < 1.29 is 13.2 Å². The number of hydrogen-bond donors (Lipinski definition) is 0. The fraction of sp³-hybridized carbons (Fsp3) is 0.364. The Morgan fingerprint density at radius 2 is 1.79 bits per heavy atom. The van der Waals surface area contributed by atoms with Crippen LogP contribution in [-0.2, 0) is 9.05 Å². The minimum atomic E-state index is -3.89. The van der Waals surface area contributed by atoms with Crippen molar-refractivity contribution in [1.29, 1.82) is 5.26 Å². The van der Waals surface area contributed by atoms with Crippen LogP contribution in [0.3, 0.4) is 0 Å². The molecule has 0 aromatic heterocycles. The van der Waals surface area contributed by atoms with E-state index < -0.39 is 9.05 Å². The number of nitrogens with zero attached hydrogens (tertiary/aromatic N) is 1. The molecule has 19 heavy (non-hydrogen) atoms. The Hall–Kier alpha value is -0.670. The highest BCUT2D eigenvalue weighted by Gasteiger charge is 2.16. The van der Waals surface area contributed by atoms with Crippen LogP contribution in [0.15, 0.2) is 17.0 Å². The van der Waals surface area contributed by atoms with Crippen LogP contribution in [0.25, 0.3) is 0 Å². The van der Waals surface area contributed by atoms with Crippen molar-refractivity contribution in [3.05, 3.63) is 22.2 Å². The second-order valence-electron chi connectivity index (χ2n) is 3.62. The minimum absolute atomic E-state index is 0.0759. The average Bonchev–Trinajstić information content (AvgIpc) is 2.30. The predicted molar refractivity (Wildman–Crippen MR) is 74.5 cm³/mol. The van der Waals surface area contributed by atoms with Gasteiger partial charge in [0, 0.05) is 17.1 Å². The van der Waals surface area contributed by atoms with Gasteiger partial charge in [-0.05, 0) is 25.0 Å². The molecule has 0 aliphatic rings. The van der Waals surface area contributed by atoms with Gasteiger partial charge in [0.05, 0.1) is 27.6 Å². The average molecular weight is 343 g/mol. The molecule has 0 aliphatic heterocycles. The van der Waals surface area contributed by atoms with E-state index in [9.17, 15) is 8.42 Å². The Bertz CT molecular complexity index is 573. The number of hydrogen-bond acceptors (Lipinski definition) is 4. The molecule has 0 fully saturated rings. The van der Waals surface area contributed by atoms with Crippen LogP contribution in [-0.4, -0.2) is 15.0 Å². The second kappa shape index (κ2) is 7.20. The van der Waals surface area contributed by atoms with Crippen molar-refractivity contribution in [2.75, 3.05) is 6.61 Å². The number of nitriles is 1. The Morgan fingerprint density at radius 3 is 2.26 bits per heavy atom. The van der Waals surface area contributed by atoms with Gasteiger partial charge in [0.1, 0.15) is 0 Å². The highest BCUT2D eigenvalue weighted by atomic mass is 35.7. The summed E-state index contributed by atoms with van der Waals surface area (Å²) in [6.07, 6.45) is 1.84. The van der Waals surface area contributed by atoms with Crippen molar-refractivity contribution in [1.82, 2.24) is 0 Å². The van der Waals surface area contributed by atoms with Gasteiger partial charge in [-0.15, -0.1) is 0 Å². The quantitative estimate of drug-likeness (QED) is 0.579. The van der Waals surface area contributed by atoms with Crippen LogP contribution in [0.5, 0.6) is 5.75 Å². The molecule has 0 atom stereocenters. The van der Waals surface area contributed by atoms with E-state index in [1.165, 1.54) is 12.1 Å². The van der Waals surface area contributed by atoms with E-state index in [0.29, 0.717) is 25.9 Å². The van der Waals surface area contributed by atoms with Crippen molar-refractivity contribution >= 4 is 42.9 Å². The molecule has 4 nitrogen and oxygen atoms in total. The van der Waals surface area contributed by atoms with Gasteiger partial charge in [-0.1, -0.05) is 23.2 Å². The lowest BCUT2D eigenvalue weighted by Gasteiger charge is -2.10. The standard InChI is InChI=1S/C11H10Cl3NO3S/c12-9-6-8(19(14,16)17)7-10(13)11(9)18-5-3-1-2-4-15/h6-7H,1-3,5H2. The maximum Gasteiger partial charge on any atom is 0.261 e. The molecular weight excluding hydrogens is 333 g/mol. The summed E-state index contributed by atoms with van der Waals surface area (Å²) in [4.78, 5) is -0.180. The van der Waals surface area contributed by atoms with Crippen LogP contribution < -0.4 is 4.74 Å². The maximum absolute atomic E-state index is 11.2. The normalized spacial score (nSPS) is 11.1. The van der Waals surface area contributed by atoms with Crippen LogP contribution >= 0.6 is 33.9 Å². The first-order chi connectivity index (χ1) is 8.86. The van der Waals surface area contributed by atoms with E-state index in [4.69, 9.17) is 43.9 Å². The first-order valence-electron chi connectivity index (χ1n) is 5.29. The Balaban J connectivity index is 2.79. The Kier molecular flexibility index (Phi) is 6.21. The Labute approximate surface area is 126 Å². The van der Waals surface area contributed by atoms with Gasteiger partial charge in [0.25, 0.3) is 9.05 Å². The summed E-state index contributed by atoms with van der Waals surface area (Å²) in [5.41, 5.74) is 0. The number of unbranched alkanes of at least 4 members (excludes halogenated alkanes) is 2. The SMILES string of the molecule is N#CCCCCOc1c(Cl)cc(S(=O)(=O)Cl)cc1Cl. The summed E-state index contributed by atoms with van der Waals surface area (Å²) >= 11 is 11.8. The van der Waals surface area contributed by atoms with E-state index in [1.807, 2.05) is 6.07 Å². The number of benzene rings is 1. The number of halogens is 3. The summed E-state index contributed by atoms with van der Waals surface area (Å²) in [5.74, 6) is 0.212. The Morgan fingerprint density at radius 1 is 1.21 bits per heavy atom. The van der Waals surface area contributed by atoms with E-state index in [-0.39, 0.29) is 20.7 Å². The van der Waals surface area contributed by atoms with E-state index in [0.717, 1.165) is 0 Å². The van der Waals surface area contributed by atoms with Crippen LogP contribution in [0.2, 0.25) is 10.0 Å². The number of rotatable bonds is 6. The largest absolute Gasteiger partial charge is 0.490 e. The summed E-state index contributed by atoms with van der Waals surface area (Å²) < 4.78 is 27.7. The lowest BCUT2D eigenvalue weighted by Crippen LogP contribution is -2.00. The zero-order chi connectivity index (χ0) is 14.5. The fourth-order valence-corrected chi connectivity index (χ4v) is 2.81. The van der Waals surface area contributed by atoms with Crippen molar-refractivity contribution in [2.24, 2.45) is 0 Å². The van der Waals surface area contributed by atoms with Crippen LogP contribution in [0, 0.1) is 11.3 Å². The molecule has 0 heterocycles. The molecule has 1 aromatic rings. The molecule has 0 saturated heterocycles. The highest BCUT2D eigenvalue weighted by molar-refractivity contribution is 8.13. The first-order valence-corrected chi connectivity index (χ1v) is 8.36. The smallest absolute Gasteiger partial charge is 0.261 e. The van der Waals surface area contributed by atoms with Crippen molar-refractivity contribution in [3.63, 3.8) is 0 Å². The molecule has 8 heteroatoms. The van der Waals surface area contributed by atoms with Gasteiger partial charge in [-0.25, -0.2) is 8.42 Å². The third-order valence-corrected chi connectivity index (χ3v) is 4.08. The third-order valence-electron chi connectivity index (χ3n) is 2.18.